The maximum absolute atomic E-state index is 10.7. The van der Waals surface area contributed by atoms with E-state index >= 15 is 0 Å². The van der Waals surface area contributed by atoms with Crippen molar-refractivity contribution in [2.24, 2.45) is 5.92 Å². The van der Waals surface area contributed by atoms with Crippen molar-refractivity contribution in [3.63, 3.8) is 0 Å². The van der Waals surface area contributed by atoms with E-state index in [1.165, 1.54) is 0 Å². The summed E-state index contributed by atoms with van der Waals surface area (Å²) >= 11 is 1.16. The fourth-order valence-corrected chi connectivity index (χ4v) is 1.88. The molecule has 0 aromatic rings. The van der Waals surface area contributed by atoms with E-state index in [2.05, 4.69) is 0 Å². The van der Waals surface area contributed by atoms with E-state index in [-0.39, 0.29) is 18.3 Å². The molecule has 2 atom stereocenters. The van der Waals surface area contributed by atoms with Gasteiger partial charge in [0.05, 0.1) is 12.7 Å². The van der Waals surface area contributed by atoms with Crippen molar-refractivity contribution in [1.82, 2.24) is 0 Å². The molecule has 0 saturated heterocycles. The molecule has 0 rings (SSSR count). The molecule has 2 unspecified atom stereocenters. The van der Waals surface area contributed by atoms with Crippen molar-refractivity contribution in [3.05, 3.63) is 0 Å². The van der Waals surface area contributed by atoms with Gasteiger partial charge in [-0.2, -0.15) is 0 Å². The maximum Gasteiger partial charge on any atom is 0.316 e. The van der Waals surface area contributed by atoms with Gasteiger partial charge in [-0.15, -0.1) is 11.8 Å². The minimum Gasteiger partial charge on any atom is -0.480 e. The monoisotopic (exact) mass is 208 g/mol. The fraction of sp³-hybridized carbons (Fsp3) is 0.875. The third-order valence-electron chi connectivity index (χ3n) is 1.53. The van der Waals surface area contributed by atoms with E-state index in [4.69, 9.17) is 15.3 Å². The molecule has 0 aliphatic heterocycles. The van der Waals surface area contributed by atoms with Crippen LogP contribution in [-0.4, -0.2) is 45.0 Å². The highest BCUT2D eigenvalue weighted by Crippen LogP contribution is 2.20. The van der Waals surface area contributed by atoms with Crippen LogP contribution in [0.25, 0.3) is 0 Å². The number of hydrogen-bond donors (Lipinski definition) is 3. The third kappa shape index (κ3) is 5.13. The number of carboxylic acid groups (broad SMARTS) is 1. The van der Waals surface area contributed by atoms with Gasteiger partial charge in [0, 0.05) is 5.75 Å². The summed E-state index contributed by atoms with van der Waals surface area (Å²) in [6.45, 7) is 3.31. The molecule has 0 aromatic heterocycles. The lowest BCUT2D eigenvalue weighted by molar-refractivity contribution is -0.137. The predicted molar refractivity (Wildman–Crippen MR) is 51.8 cm³/mol. The number of thioether (sulfide) groups is 1. The Kier molecular flexibility index (Phi) is 6.11. The van der Waals surface area contributed by atoms with E-state index in [1.807, 2.05) is 13.8 Å². The van der Waals surface area contributed by atoms with E-state index in [0.717, 1.165) is 11.8 Å². The van der Waals surface area contributed by atoms with E-state index in [0.29, 0.717) is 0 Å². The first-order valence-corrected chi connectivity index (χ1v) is 5.17. The molecule has 78 valence electrons. The van der Waals surface area contributed by atoms with Gasteiger partial charge in [0.2, 0.25) is 0 Å². The standard InChI is InChI=1S/C8H16O4S/c1-5(2)7(8(11)12)13-4-6(10)3-9/h5-7,9-10H,3-4H2,1-2H3,(H,11,12). The molecule has 0 saturated carbocycles. The van der Waals surface area contributed by atoms with Crippen molar-refractivity contribution in [2.45, 2.75) is 25.2 Å². The average Bonchev–Trinajstić information content (AvgIpc) is 2.03. The molecule has 3 N–H and O–H groups in total. The third-order valence-corrected chi connectivity index (χ3v) is 3.21. The van der Waals surface area contributed by atoms with Gasteiger partial charge < -0.3 is 15.3 Å². The van der Waals surface area contributed by atoms with Gasteiger partial charge >= 0.3 is 5.97 Å². The van der Waals surface area contributed by atoms with Gasteiger partial charge in [0.15, 0.2) is 0 Å². The van der Waals surface area contributed by atoms with Gasteiger partial charge in [-0.3, -0.25) is 4.79 Å². The van der Waals surface area contributed by atoms with Crippen LogP contribution in [0, 0.1) is 5.92 Å². The van der Waals surface area contributed by atoms with Crippen LogP contribution in [0.3, 0.4) is 0 Å². The first kappa shape index (κ1) is 12.7. The van der Waals surface area contributed by atoms with Gasteiger partial charge in [-0.05, 0) is 5.92 Å². The van der Waals surface area contributed by atoms with E-state index in [9.17, 15) is 4.79 Å². The lowest BCUT2D eigenvalue weighted by Gasteiger charge is -2.16. The van der Waals surface area contributed by atoms with Crippen molar-refractivity contribution in [2.75, 3.05) is 12.4 Å². The van der Waals surface area contributed by atoms with Crippen LogP contribution in [0.15, 0.2) is 0 Å². The minimum absolute atomic E-state index is 0.0217. The quantitative estimate of drug-likeness (QED) is 0.580. The maximum atomic E-state index is 10.7. The number of carbonyl (C=O) groups is 1. The lowest BCUT2D eigenvalue weighted by Crippen LogP contribution is -2.26. The first-order chi connectivity index (χ1) is 5.99. The highest BCUT2D eigenvalue weighted by molar-refractivity contribution is 8.00. The molecule has 0 aliphatic carbocycles. The van der Waals surface area contributed by atoms with E-state index < -0.39 is 17.3 Å². The summed E-state index contributed by atoms with van der Waals surface area (Å²) in [5.41, 5.74) is 0. The molecule has 13 heavy (non-hydrogen) atoms. The normalized spacial score (nSPS) is 15.8. The fourth-order valence-electron chi connectivity index (χ4n) is 0.816. The molecule has 4 nitrogen and oxygen atoms in total. The summed E-state index contributed by atoms with van der Waals surface area (Å²) in [7, 11) is 0. The van der Waals surface area contributed by atoms with Gasteiger partial charge in [0.25, 0.3) is 0 Å². The Balaban J connectivity index is 3.90. The van der Waals surface area contributed by atoms with Gasteiger partial charge in [-0.1, -0.05) is 13.8 Å². The second-order valence-electron chi connectivity index (χ2n) is 3.17. The summed E-state index contributed by atoms with van der Waals surface area (Å²) in [6.07, 6.45) is -0.828. The van der Waals surface area contributed by atoms with E-state index in [1.54, 1.807) is 0 Å². The second-order valence-corrected chi connectivity index (χ2v) is 4.35. The number of carboxylic acids is 1. The lowest BCUT2D eigenvalue weighted by atomic mass is 10.1. The molecule has 0 aliphatic rings. The Morgan fingerprint density at radius 2 is 2.00 bits per heavy atom. The second kappa shape index (κ2) is 6.23. The van der Waals surface area contributed by atoms with Crippen molar-refractivity contribution in [3.8, 4) is 0 Å². The zero-order chi connectivity index (χ0) is 10.4. The van der Waals surface area contributed by atoms with Crippen LogP contribution in [0.5, 0.6) is 0 Å². The van der Waals surface area contributed by atoms with Gasteiger partial charge in [-0.25, -0.2) is 0 Å². The summed E-state index contributed by atoms with van der Waals surface area (Å²) < 4.78 is 0. The van der Waals surface area contributed by atoms with Crippen molar-refractivity contribution >= 4 is 17.7 Å². The number of rotatable bonds is 6. The Hall–Kier alpha value is -0.260. The van der Waals surface area contributed by atoms with Gasteiger partial charge in [0.1, 0.15) is 5.25 Å². The Morgan fingerprint density at radius 1 is 1.46 bits per heavy atom. The number of hydrogen-bond acceptors (Lipinski definition) is 4. The minimum atomic E-state index is -0.870. The summed E-state index contributed by atoms with van der Waals surface area (Å²) in [5, 5.41) is 25.8. The van der Waals surface area contributed by atoms with Crippen LogP contribution >= 0.6 is 11.8 Å². The smallest absolute Gasteiger partial charge is 0.316 e. The molecule has 0 radical (unpaired) electrons. The average molecular weight is 208 g/mol. The number of aliphatic hydroxyl groups excluding tert-OH is 2. The van der Waals surface area contributed by atoms with Crippen LogP contribution in [0.4, 0.5) is 0 Å². The Labute approximate surface area is 82.0 Å². The Morgan fingerprint density at radius 3 is 2.31 bits per heavy atom. The zero-order valence-electron chi connectivity index (χ0n) is 7.80. The predicted octanol–water partition coefficient (Wildman–Crippen LogP) is 0.182. The van der Waals surface area contributed by atoms with Crippen molar-refractivity contribution < 1.29 is 20.1 Å². The molecule has 0 amide bonds. The summed E-state index contributed by atoms with van der Waals surface area (Å²) in [4.78, 5) is 10.7. The topological polar surface area (TPSA) is 77.8 Å². The molecular formula is C8H16O4S. The summed E-state index contributed by atoms with van der Waals surface area (Å²) in [6, 6.07) is 0. The molecule has 0 bridgehead atoms. The molecule has 0 fully saturated rings. The molecule has 5 heteroatoms. The Bertz CT molecular complexity index is 160. The van der Waals surface area contributed by atoms with Crippen LogP contribution in [0.2, 0.25) is 0 Å². The van der Waals surface area contributed by atoms with Crippen molar-refractivity contribution in [1.29, 1.82) is 0 Å². The first-order valence-electron chi connectivity index (χ1n) is 4.12. The SMILES string of the molecule is CC(C)C(SCC(O)CO)C(=O)O. The highest BCUT2D eigenvalue weighted by atomic mass is 32.2. The number of aliphatic carboxylic acids is 1. The zero-order valence-corrected chi connectivity index (χ0v) is 8.62. The van der Waals surface area contributed by atoms with Crippen LogP contribution < -0.4 is 0 Å². The molecule has 0 spiro atoms. The number of aliphatic hydroxyl groups is 2. The molecular weight excluding hydrogens is 192 g/mol. The van der Waals surface area contributed by atoms with Crippen LogP contribution in [0.1, 0.15) is 13.8 Å². The summed E-state index contributed by atoms with van der Waals surface area (Å²) in [5.74, 6) is -0.593. The molecule has 0 heterocycles. The molecule has 0 aromatic carbocycles. The highest BCUT2D eigenvalue weighted by Gasteiger charge is 2.22. The van der Waals surface area contributed by atoms with Crippen LogP contribution in [-0.2, 0) is 4.79 Å². The largest absolute Gasteiger partial charge is 0.480 e.